The molecular weight excluding hydrogens is 393 g/mol. The molecule has 6 N–H and O–H groups in total. The summed E-state index contributed by atoms with van der Waals surface area (Å²) in [5.74, 6) is -2.91. The summed E-state index contributed by atoms with van der Waals surface area (Å²) in [5.41, 5.74) is 6.26. The van der Waals surface area contributed by atoms with Crippen molar-refractivity contribution < 1.29 is 23.9 Å². The number of hydrogen-bond donors (Lipinski definition) is 5. The molecule has 9 nitrogen and oxygen atoms in total. The minimum atomic E-state index is -1.12. The molecule has 0 bridgehead atoms. The molecule has 1 aliphatic heterocycles. The summed E-state index contributed by atoms with van der Waals surface area (Å²) in [6.45, 7) is 0.440. The van der Waals surface area contributed by atoms with Crippen LogP contribution in [0.1, 0.15) is 42.5 Å². The molecule has 1 aromatic rings. The van der Waals surface area contributed by atoms with Gasteiger partial charge in [-0.2, -0.15) is 0 Å². The zero-order chi connectivity index (χ0) is 21.7. The molecule has 0 radical (unpaired) electrons. The van der Waals surface area contributed by atoms with Gasteiger partial charge < -0.3 is 31.7 Å². The fraction of sp³-hybridized carbons (Fsp3) is 0.550. The first-order valence-corrected chi connectivity index (χ1v) is 10.2. The first kappa shape index (κ1) is 21.8. The van der Waals surface area contributed by atoms with Crippen LogP contribution in [0.25, 0.3) is 0 Å². The van der Waals surface area contributed by atoms with Crippen molar-refractivity contribution in [3.8, 4) is 0 Å². The van der Waals surface area contributed by atoms with Gasteiger partial charge in [-0.05, 0) is 25.0 Å². The van der Waals surface area contributed by atoms with Crippen LogP contribution in [0.4, 0.5) is 15.8 Å². The maximum atomic E-state index is 14.5. The number of amides is 2. The van der Waals surface area contributed by atoms with E-state index in [1.807, 2.05) is 0 Å². The minimum Gasteiger partial charge on any atom is -0.480 e. The number of carboxylic acid groups (broad SMARTS) is 1. The number of carbonyl (C=O) groups is 3. The predicted octanol–water partition coefficient (Wildman–Crippen LogP) is 0.767. The van der Waals surface area contributed by atoms with Gasteiger partial charge in [0, 0.05) is 31.4 Å². The van der Waals surface area contributed by atoms with Gasteiger partial charge in [0.1, 0.15) is 11.9 Å². The highest BCUT2D eigenvalue weighted by molar-refractivity contribution is 6.01. The van der Waals surface area contributed by atoms with Crippen LogP contribution in [0.15, 0.2) is 12.1 Å². The molecule has 3 rings (SSSR count). The predicted molar refractivity (Wildman–Crippen MR) is 110 cm³/mol. The lowest BCUT2D eigenvalue weighted by molar-refractivity contribution is -0.150. The topological polar surface area (TPSA) is 137 Å². The van der Waals surface area contributed by atoms with Crippen LogP contribution in [0, 0.1) is 5.82 Å². The third kappa shape index (κ3) is 5.18. The van der Waals surface area contributed by atoms with Crippen LogP contribution in [-0.4, -0.2) is 66.1 Å². The summed E-state index contributed by atoms with van der Waals surface area (Å²) in [4.78, 5) is 37.3. The van der Waals surface area contributed by atoms with Crippen molar-refractivity contribution in [3.05, 3.63) is 23.5 Å². The first-order chi connectivity index (χ1) is 14.4. The Hall–Kier alpha value is -2.88. The molecule has 1 aliphatic carbocycles. The van der Waals surface area contributed by atoms with Crippen molar-refractivity contribution in [2.24, 2.45) is 0 Å². The number of anilines is 2. The Morgan fingerprint density at radius 1 is 1.23 bits per heavy atom. The Balaban J connectivity index is 1.61. The van der Waals surface area contributed by atoms with E-state index >= 15 is 0 Å². The van der Waals surface area contributed by atoms with Crippen molar-refractivity contribution in [3.63, 3.8) is 0 Å². The van der Waals surface area contributed by atoms with Gasteiger partial charge in [0.2, 0.25) is 5.91 Å². The van der Waals surface area contributed by atoms with E-state index in [-0.39, 0.29) is 36.1 Å². The number of carbonyl (C=O) groups excluding carboxylic acids is 2. The lowest BCUT2D eigenvalue weighted by Gasteiger charge is -2.33. The van der Waals surface area contributed by atoms with Gasteiger partial charge in [-0.15, -0.1) is 0 Å². The minimum absolute atomic E-state index is 0.0652. The SMILES string of the molecule is Nc1cc(NC2CCCCC2)c(F)cc1C(=O)NCC(=O)N1CCNCC1C(=O)O. The van der Waals surface area contributed by atoms with E-state index in [9.17, 15) is 23.9 Å². The normalized spacial score (nSPS) is 19.9. The third-order valence-electron chi connectivity index (χ3n) is 5.60. The smallest absolute Gasteiger partial charge is 0.327 e. The largest absolute Gasteiger partial charge is 0.480 e. The molecule has 2 aliphatic rings. The fourth-order valence-electron chi connectivity index (χ4n) is 3.94. The van der Waals surface area contributed by atoms with Gasteiger partial charge in [-0.25, -0.2) is 9.18 Å². The molecule has 0 spiro atoms. The molecule has 1 unspecified atom stereocenters. The Morgan fingerprint density at radius 3 is 2.67 bits per heavy atom. The number of aliphatic carboxylic acids is 1. The molecule has 1 saturated carbocycles. The number of piperazine rings is 1. The molecule has 1 saturated heterocycles. The van der Waals surface area contributed by atoms with Gasteiger partial charge in [-0.1, -0.05) is 19.3 Å². The molecule has 30 heavy (non-hydrogen) atoms. The quantitative estimate of drug-likeness (QED) is 0.428. The Labute approximate surface area is 174 Å². The van der Waals surface area contributed by atoms with Crippen LogP contribution >= 0.6 is 0 Å². The van der Waals surface area contributed by atoms with E-state index in [0.29, 0.717) is 6.54 Å². The summed E-state index contributed by atoms with van der Waals surface area (Å²) >= 11 is 0. The number of benzene rings is 1. The van der Waals surface area contributed by atoms with Crippen molar-refractivity contribution >= 4 is 29.2 Å². The monoisotopic (exact) mass is 421 g/mol. The molecule has 164 valence electrons. The maximum absolute atomic E-state index is 14.5. The summed E-state index contributed by atoms with van der Waals surface area (Å²) in [6.07, 6.45) is 5.31. The number of carboxylic acids is 1. The standard InChI is InChI=1S/C20H28FN5O4/c21-14-8-13(15(22)9-16(14)25-12-4-2-1-3-5-12)19(28)24-11-18(27)26-7-6-23-10-17(26)20(29)30/h8-9,12,17,23,25H,1-7,10-11,22H2,(H,24,28)(H,29,30). The molecule has 1 aromatic carbocycles. The van der Waals surface area contributed by atoms with Crippen molar-refractivity contribution in [1.29, 1.82) is 0 Å². The van der Waals surface area contributed by atoms with Crippen LogP contribution in [0.3, 0.4) is 0 Å². The summed E-state index contributed by atoms with van der Waals surface area (Å²) in [6, 6.07) is 1.66. The lowest BCUT2D eigenvalue weighted by atomic mass is 9.95. The second kappa shape index (κ2) is 9.75. The number of halogens is 1. The van der Waals surface area contributed by atoms with Crippen LogP contribution in [0.2, 0.25) is 0 Å². The molecule has 2 fully saturated rings. The molecular formula is C20H28FN5O4. The number of nitrogen functional groups attached to an aromatic ring is 1. The van der Waals surface area contributed by atoms with Crippen molar-refractivity contribution in [2.75, 3.05) is 37.2 Å². The first-order valence-electron chi connectivity index (χ1n) is 10.2. The van der Waals surface area contributed by atoms with Gasteiger partial charge in [0.15, 0.2) is 0 Å². The molecule has 10 heteroatoms. The van der Waals surface area contributed by atoms with E-state index in [1.165, 1.54) is 17.4 Å². The van der Waals surface area contributed by atoms with Crippen molar-refractivity contribution in [1.82, 2.24) is 15.5 Å². The third-order valence-corrected chi connectivity index (χ3v) is 5.60. The molecule has 1 heterocycles. The number of nitrogens with one attached hydrogen (secondary N) is 3. The highest BCUT2D eigenvalue weighted by Crippen LogP contribution is 2.26. The van der Waals surface area contributed by atoms with E-state index in [2.05, 4.69) is 16.0 Å². The van der Waals surface area contributed by atoms with E-state index in [4.69, 9.17) is 5.73 Å². The summed E-state index contributed by atoms with van der Waals surface area (Å²) in [5, 5.41) is 17.7. The van der Waals surface area contributed by atoms with E-state index < -0.39 is 36.2 Å². The lowest BCUT2D eigenvalue weighted by Crippen LogP contribution is -2.58. The summed E-state index contributed by atoms with van der Waals surface area (Å²) < 4.78 is 14.5. The van der Waals surface area contributed by atoms with Gasteiger partial charge in [-0.3, -0.25) is 9.59 Å². The second-order valence-corrected chi connectivity index (χ2v) is 7.73. The molecule has 0 aromatic heterocycles. The fourth-order valence-corrected chi connectivity index (χ4v) is 3.94. The second-order valence-electron chi connectivity index (χ2n) is 7.73. The number of rotatable bonds is 6. The zero-order valence-corrected chi connectivity index (χ0v) is 16.7. The average molecular weight is 421 g/mol. The summed E-state index contributed by atoms with van der Waals surface area (Å²) in [7, 11) is 0. The van der Waals surface area contributed by atoms with Gasteiger partial charge >= 0.3 is 5.97 Å². The van der Waals surface area contributed by atoms with Crippen LogP contribution in [-0.2, 0) is 9.59 Å². The Morgan fingerprint density at radius 2 is 1.97 bits per heavy atom. The van der Waals surface area contributed by atoms with Gasteiger partial charge in [0.05, 0.1) is 17.8 Å². The zero-order valence-electron chi connectivity index (χ0n) is 16.7. The highest BCUT2D eigenvalue weighted by Gasteiger charge is 2.32. The molecule has 1 atom stereocenters. The number of hydrogen-bond acceptors (Lipinski definition) is 6. The maximum Gasteiger partial charge on any atom is 0.327 e. The average Bonchev–Trinajstić information content (AvgIpc) is 2.74. The highest BCUT2D eigenvalue weighted by atomic mass is 19.1. The molecule has 2 amide bonds. The number of nitrogens with two attached hydrogens (primary N) is 1. The Kier molecular flexibility index (Phi) is 7.09. The van der Waals surface area contributed by atoms with E-state index in [0.717, 1.165) is 31.7 Å². The Bertz CT molecular complexity index is 813. The van der Waals surface area contributed by atoms with Crippen molar-refractivity contribution in [2.45, 2.75) is 44.2 Å². The number of nitrogens with zero attached hydrogens (tertiary/aromatic N) is 1. The van der Waals surface area contributed by atoms with E-state index in [1.54, 1.807) is 0 Å². The van der Waals surface area contributed by atoms with Gasteiger partial charge in [0.25, 0.3) is 5.91 Å². The van der Waals surface area contributed by atoms with Crippen LogP contribution in [0.5, 0.6) is 0 Å². The van der Waals surface area contributed by atoms with Crippen LogP contribution < -0.4 is 21.7 Å².